The van der Waals surface area contributed by atoms with Crippen LogP contribution in [0.25, 0.3) is 0 Å². The Kier molecular flexibility index (Phi) is 2.90. The maximum absolute atomic E-state index is 9.13. The first-order valence-corrected chi connectivity index (χ1v) is 4.56. The van der Waals surface area contributed by atoms with Crippen LogP contribution in [0.4, 0.5) is 0 Å². The van der Waals surface area contributed by atoms with Crippen LogP contribution < -0.4 is 5.32 Å². The fraction of sp³-hybridized carbons (Fsp3) is 1.00. The minimum atomic E-state index is -0.0179. The van der Waals surface area contributed by atoms with Crippen molar-refractivity contribution in [1.82, 2.24) is 5.32 Å². The van der Waals surface area contributed by atoms with E-state index in [9.17, 15) is 0 Å². The van der Waals surface area contributed by atoms with Gasteiger partial charge in [0.15, 0.2) is 0 Å². The lowest BCUT2D eigenvalue weighted by Crippen LogP contribution is -2.45. The third kappa shape index (κ3) is 2.80. The zero-order chi connectivity index (χ0) is 8.32. The minimum Gasteiger partial charge on any atom is -0.394 e. The molecule has 1 atom stereocenters. The molecule has 1 aliphatic rings. The van der Waals surface area contributed by atoms with Gasteiger partial charge in [0, 0.05) is 5.54 Å². The van der Waals surface area contributed by atoms with Crippen LogP contribution in [0.15, 0.2) is 0 Å². The van der Waals surface area contributed by atoms with Gasteiger partial charge < -0.3 is 10.4 Å². The van der Waals surface area contributed by atoms with Gasteiger partial charge in [0.1, 0.15) is 0 Å². The van der Waals surface area contributed by atoms with E-state index in [2.05, 4.69) is 19.2 Å². The lowest BCUT2D eigenvalue weighted by atomic mass is 9.96. The summed E-state index contributed by atoms with van der Waals surface area (Å²) in [5.41, 5.74) is -0.0179. The van der Waals surface area contributed by atoms with Gasteiger partial charge in [-0.3, -0.25) is 0 Å². The predicted molar refractivity (Wildman–Crippen MR) is 46.5 cm³/mol. The Morgan fingerprint density at radius 2 is 2.18 bits per heavy atom. The number of hydrogen-bond acceptors (Lipinski definition) is 2. The Labute approximate surface area is 69.0 Å². The van der Waals surface area contributed by atoms with Crippen LogP contribution in [0.3, 0.4) is 0 Å². The maximum atomic E-state index is 9.13. The van der Waals surface area contributed by atoms with Crippen molar-refractivity contribution in [3.63, 3.8) is 0 Å². The van der Waals surface area contributed by atoms with Crippen LogP contribution in [-0.2, 0) is 0 Å². The molecule has 0 radical (unpaired) electrons. The van der Waals surface area contributed by atoms with Gasteiger partial charge >= 0.3 is 0 Å². The van der Waals surface area contributed by atoms with Gasteiger partial charge in [0.25, 0.3) is 0 Å². The van der Waals surface area contributed by atoms with E-state index in [1.807, 2.05) is 0 Å². The molecule has 1 aliphatic carbocycles. The van der Waals surface area contributed by atoms with E-state index in [0.717, 1.165) is 18.9 Å². The average molecular weight is 157 g/mol. The molecule has 0 amide bonds. The molecule has 1 saturated carbocycles. The Morgan fingerprint density at radius 3 is 2.55 bits per heavy atom. The van der Waals surface area contributed by atoms with Gasteiger partial charge in [0.2, 0.25) is 0 Å². The lowest BCUT2D eigenvalue weighted by Gasteiger charge is -2.28. The third-order valence-electron chi connectivity index (χ3n) is 2.39. The molecule has 66 valence electrons. The maximum Gasteiger partial charge on any atom is 0.0610 e. The molecular formula is C9H19NO. The molecule has 2 heteroatoms. The summed E-state index contributed by atoms with van der Waals surface area (Å²) in [6.45, 7) is 5.40. The Hall–Kier alpha value is -0.0800. The fourth-order valence-electron chi connectivity index (χ4n) is 1.58. The van der Waals surface area contributed by atoms with Gasteiger partial charge in [-0.2, -0.15) is 0 Å². The highest BCUT2D eigenvalue weighted by molar-refractivity contribution is 4.89. The van der Waals surface area contributed by atoms with Crippen LogP contribution in [0.2, 0.25) is 0 Å². The number of hydrogen-bond donors (Lipinski definition) is 2. The number of nitrogens with one attached hydrogen (secondary N) is 1. The minimum absolute atomic E-state index is 0.0179. The summed E-state index contributed by atoms with van der Waals surface area (Å²) in [4.78, 5) is 0. The van der Waals surface area contributed by atoms with E-state index in [4.69, 9.17) is 5.11 Å². The second-order valence-electron chi connectivity index (χ2n) is 3.90. The molecule has 0 bridgehead atoms. The van der Waals surface area contributed by atoms with Crippen LogP contribution in [0, 0.1) is 5.92 Å². The van der Waals surface area contributed by atoms with Crippen molar-refractivity contribution in [3.8, 4) is 0 Å². The zero-order valence-electron chi connectivity index (χ0n) is 7.56. The number of likely N-dealkylation sites (N-methyl/N-ethyl adjacent to an activating group) is 1. The van der Waals surface area contributed by atoms with Crippen molar-refractivity contribution in [2.45, 2.75) is 38.6 Å². The van der Waals surface area contributed by atoms with E-state index >= 15 is 0 Å². The van der Waals surface area contributed by atoms with E-state index < -0.39 is 0 Å². The number of aliphatic hydroxyl groups excluding tert-OH is 1. The summed E-state index contributed by atoms with van der Waals surface area (Å²) in [5, 5.41) is 12.5. The summed E-state index contributed by atoms with van der Waals surface area (Å²) in [6, 6.07) is 0. The van der Waals surface area contributed by atoms with Gasteiger partial charge in [-0.1, -0.05) is 19.8 Å². The lowest BCUT2D eigenvalue weighted by molar-refractivity contribution is 0.162. The Morgan fingerprint density at radius 1 is 1.55 bits per heavy atom. The highest BCUT2D eigenvalue weighted by Crippen LogP contribution is 2.36. The van der Waals surface area contributed by atoms with Crippen LogP contribution >= 0.6 is 0 Å². The van der Waals surface area contributed by atoms with Crippen LogP contribution in [0.5, 0.6) is 0 Å². The molecule has 2 N–H and O–H groups in total. The summed E-state index contributed by atoms with van der Waals surface area (Å²) in [6.07, 6.45) is 3.86. The standard InChI is InChI=1S/C9H19NO/c1-3-10-9(2,7-11)6-8-4-5-8/h8,10-11H,3-7H2,1-2H3. The summed E-state index contributed by atoms with van der Waals surface area (Å²) >= 11 is 0. The van der Waals surface area contributed by atoms with Gasteiger partial charge in [0.05, 0.1) is 6.61 Å². The van der Waals surface area contributed by atoms with E-state index in [-0.39, 0.29) is 12.1 Å². The summed E-state index contributed by atoms with van der Waals surface area (Å²) in [5.74, 6) is 0.881. The van der Waals surface area contributed by atoms with Gasteiger partial charge in [-0.15, -0.1) is 0 Å². The topological polar surface area (TPSA) is 32.3 Å². The molecule has 11 heavy (non-hydrogen) atoms. The quantitative estimate of drug-likeness (QED) is 0.627. The smallest absolute Gasteiger partial charge is 0.0610 e. The molecule has 0 aromatic rings. The second-order valence-corrected chi connectivity index (χ2v) is 3.90. The largest absolute Gasteiger partial charge is 0.394 e. The molecule has 0 heterocycles. The van der Waals surface area contributed by atoms with Gasteiger partial charge in [-0.25, -0.2) is 0 Å². The summed E-state index contributed by atoms with van der Waals surface area (Å²) in [7, 11) is 0. The van der Waals surface area contributed by atoms with Crippen LogP contribution in [0.1, 0.15) is 33.1 Å². The first-order chi connectivity index (χ1) is 5.20. The zero-order valence-corrected chi connectivity index (χ0v) is 7.56. The highest BCUT2D eigenvalue weighted by atomic mass is 16.3. The van der Waals surface area contributed by atoms with Crippen molar-refractivity contribution in [2.75, 3.05) is 13.2 Å². The fourth-order valence-corrected chi connectivity index (χ4v) is 1.58. The monoisotopic (exact) mass is 157 g/mol. The molecule has 1 fully saturated rings. The van der Waals surface area contributed by atoms with Crippen molar-refractivity contribution < 1.29 is 5.11 Å². The molecule has 0 aromatic carbocycles. The van der Waals surface area contributed by atoms with E-state index in [0.29, 0.717) is 0 Å². The van der Waals surface area contributed by atoms with Crippen molar-refractivity contribution in [2.24, 2.45) is 5.92 Å². The molecular weight excluding hydrogens is 138 g/mol. The highest BCUT2D eigenvalue weighted by Gasteiger charge is 2.31. The number of aliphatic hydroxyl groups is 1. The summed E-state index contributed by atoms with van der Waals surface area (Å²) < 4.78 is 0. The Bertz CT molecular complexity index is 123. The second kappa shape index (κ2) is 3.55. The molecule has 1 unspecified atom stereocenters. The van der Waals surface area contributed by atoms with Crippen molar-refractivity contribution >= 4 is 0 Å². The van der Waals surface area contributed by atoms with E-state index in [1.165, 1.54) is 12.8 Å². The molecule has 0 spiro atoms. The van der Waals surface area contributed by atoms with Gasteiger partial charge in [-0.05, 0) is 25.8 Å². The first kappa shape index (κ1) is 9.01. The predicted octanol–water partition coefficient (Wildman–Crippen LogP) is 1.15. The van der Waals surface area contributed by atoms with Crippen LogP contribution in [-0.4, -0.2) is 23.8 Å². The van der Waals surface area contributed by atoms with E-state index in [1.54, 1.807) is 0 Å². The number of rotatable bonds is 5. The molecule has 0 aliphatic heterocycles. The third-order valence-corrected chi connectivity index (χ3v) is 2.39. The van der Waals surface area contributed by atoms with Crippen molar-refractivity contribution in [1.29, 1.82) is 0 Å². The normalized spacial score (nSPS) is 23.2. The van der Waals surface area contributed by atoms with Crippen molar-refractivity contribution in [3.05, 3.63) is 0 Å². The SMILES string of the molecule is CCNC(C)(CO)CC1CC1. The molecule has 0 aromatic heterocycles. The molecule has 1 rings (SSSR count). The first-order valence-electron chi connectivity index (χ1n) is 4.56. The molecule has 2 nitrogen and oxygen atoms in total. The molecule has 0 saturated heterocycles. The average Bonchev–Trinajstić information content (AvgIpc) is 2.73. The Balaban J connectivity index is 2.29.